The summed E-state index contributed by atoms with van der Waals surface area (Å²) in [4.78, 5) is 4.21. The monoisotopic (exact) mass is 308 g/mol. The first-order chi connectivity index (χ1) is 11.3. The minimum Gasteiger partial charge on any atom is -0.496 e. The molecule has 0 fully saturated rings. The first kappa shape index (κ1) is 13.4. The number of nitrogens with zero attached hydrogens (tertiary/aromatic N) is 4. The molecule has 0 saturated heterocycles. The Morgan fingerprint density at radius 2 is 1.91 bits per heavy atom. The first-order valence-electron chi connectivity index (χ1n) is 6.95. The number of fused-ring (bicyclic) bond motifs is 1. The Morgan fingerprint density at radius 1 is 1.09 bits per heavy atom. The summed E-state index contributed by atoms with van der Waals surface area (Å²) in [6.45, 7) is 1.85. The van der Waals surface area contributed by atoms with E-state index in [0.717, 1.165) is 16.6 Å². The molecular weight excluding hydrogens is 296 g/mol. The first-order valence-corrected chi connectivity index (χ1v) is 6.95. The predicted octanol–water partition coefficient (Wildman–Crippen LogP) is 3.26. The van der Waals surface area contributed by atoms with Gasteiger partial charge in [0.2, 0.25) is 5.89 Å². The third kappa shape index (κ3) is 2.22. The van der Waals surface area contributed by atoms with Gasteiger partial charge in [-0.3, -0.25) is 0 Å². The molecule has 4 rings (SSSR count). The fourth-order valence-electron chi connectivity index (χ4n) is 2.33. The summed E-state index contributed by atoms with van der Waals surface area (Å²) in [5.74, 6) is 1.44. The van der Waals surface area contributed by atoms with Crippen LogP contribution in [0.5, 0.6) is 5.75 Å². The summed E-state index contributed by atoms with van der Waals surface area (Å²) in [5.41, 5.74) is 2.69. The summed E-state index contributed by atoms with van der Waals surface area (Å²) in [7, 11) is 1.60. The summed E-state index contributed by atoms with van der Waals surface area (Å²) >= 11 is 0. The van der Waals surface area contributed by atoms with E-state index in [-0.39, 0.29) is 0 Å². The van der Waals surface area contributed by atoms with E-state index in [4.69, 9.17) is 13.7 Å². The van der Waals surface area contributed by atoms with Gasteiger partial charge in [0.1, 0.15) is 5.75 Å². The molecule has 0 unspecified atom stereocenters. The normalized spacial score (nSPS) is 11.0. The van der Waals surface area contributed by atoms with E-state index in [1.807, 2.05) is 37.3 Å². The van der Waals surface area contributed by atoms with Crippen molar-refractivity contribution in [3.63, 3.8) is 0 Å². The Morgan fingerprint density at radius 3 is 2.78 bits per heavy atom. The number of pyridine rings is 1. The maximum absolute atomic E-state index is 5.77. The molecule has 114 valence electrons. The largest absolute Gasteiger partial charge is 0.496 e. The van der Waals surface area contributed by atoms with Gasteiger partial charge in [-0.2, -0.15) is 0 Å². The molecular formula is C16H12N4O3. The van der Waals surface area contributed by atoms with Gasteiger partial charge < -0.3 is 13.7 Å². The lowest BCUT2D eigenvalue weighted by Gasteiger charge is -2.03. The van der Waals surface area contributed by atoms with Crippen LogP contribution in [0.2, 0.25) is 0 Å². The molecule has 0 spiro atoms. The summed E-state index contributed by atoms with van der Waals surface area (Å²) in [6.07, 6.45) is 1.62. The zero-order valence-corrected chi connectivity index (χ0v) is 12.5. The van der Waals surface area contributed by atoms with E-state index in [0.29, 0.717) is 28.8 Å². The van der Waals surface area contributed by atoms with Crippen LogP contribution in [-0.2, 0) is 0 Å². The van der Waals surface area contributed by atoms with Crippen LogP contribution < -0.4 is 4.74 Å². The van der Waals surface area contributed by atoms with Gasteiger partial charge >= 0.3 is 0 Å². The maximum Gasteiger partial charge on any atom is 0.257 e. The van der Waals surface area contributed by atoms with Gasteiger partial charge in [0.25, 0.3) is 11.6 Å². The van der Waals surface area contributed by atoms with Gasteiger partial charge in [-0.05, 0) is 25.1 Å². The van der Waals surface area contributed by atoms with Crippen LogP contribution in [0, 0.1) is 6.92 Å². The van der Waals surface area contributed by atoms with Gasteiger partial charge in [-0.15, -0.1) is 10.2 Å². The van der Waals surface area contributed by atoms with Crippen LogP contribution in [0.25, 0.3) is 34.0 Å². The molecule has 0 radical (unpaired) electrons. The number of aryl methyl sites for hydroxylation is 1. The highest BCUT2D eigenvalue weighted by Crippen LogP contribution is 2.31. The number of para-hydroxylation sites is 1. The third-order valence-corrected chi connectivity index (χ3v) is 3.52. The smallest absolute Gasteiger partial charge is 0.257 e. The predicted molar refractivity (Wildman–Crippen MR) is 81.8 cm³/mol. The van der Waals surface area contributed by atoms with Crippen LogP contribution >= 0.6 is 0 Å². The van der Waals surface area contributed by atoms with Gasteiger partial charge in [0.05, 0.1) is 29.3 Å². The molecule has 0 amide bonds. The Balaban J connectivity index is 1.78. The second kappa shape index (κ2) is 5.20. The molecule has 4 aromatic rings. The average Bonchev–Trinajstić information content (AvgIpc) is 3.22. The van der Waals surface area contributed by atoms with E-state index < -0.39 is 0 Å². The van der Waals surface area contributed by atoms with E-state index in [1.54, 1.807) is 13.3 Å². The zero-order valence-electron chi connectivity index (χ0n) is 12.5. The molecule has 23 heavy (non-hydrogen) atoms. The molecule has 0 N–H and O–H groups in total. The van der Waals surface area contributed by atoms with Crippen molar-refractivity contribution < 1.29 is 13.7 Å². The highest BCUT2D eigenvalue weighted by molar-refractivity contribution is 5.80. The topological polar surface area (TPSA) is 87.1 Å². The second-order valence-electron chi connectivity index (χ2n) is 4.96. The standard InChI is InChI=1S/C16H12N4O3/c1-9-12-7-10(8-17-15(12)23-20-9)14-18-19-16(22-14)11-5-3-4-6-13(11)21-2/h3-8H,1-2H3. The highest BCUT2D eigenvalue weighted by atomic mass is 16.5. The van der Waals surface area contributed by atoms with Crippen LogP contribution in [-0.4, -0.2) is 27.4 Å². The minimum absolute atomic E-state index is 0.376. The van der Waals surface area contributed by atoms with Crippen molar-refractivity contribution in [3.8, 4) is 28.7 Å². The Hall–Kier alpha value is -3.22. The lowest BCUT2D eigenvalue weighted by Crippen LogP contribution is -1.87. The Labute approximate surface area is 130 Å². The highest BCUT2D eigenvalue weighted by Gasteiger charge is 2.16. The molecule has 7 heteroatoms. The van der Waals surface area contributed by atoms with E-state index >= 15 is 0 Å². The van der Waals surface area contributed by atoms with Crippen molar-refractivity contribution in [1.29, 1.82) is 0 Å². The minimum atomic E-state index is 0.376. The summed E-state index contributed by atoms with van der Waals surface area (Å²) < 4.78 is 16.2. The van der Waals surface area contributed by atoms with Crippen molar-refractivity contribution in [2.24, 2.45) is 0 Å². The molecule has 0 bridgehead atoms. The fraction of sp³-hybridized carbons (Fsp3) is 0.125. The van der Waals surface area contributed by atoms with E-state index in [9.17, 15) is 0 Å². The van der Waals surface area contributed by atoms with Crippen LogP contribution in [0.3, 0.4) is 0 Å². The summed E-state index contributed by atoms with van der Waals surface area (Å²) in [6, 6.07) is 9.34. The number of rotatable bonds is 3. The molecule has 1 aromatic carbocycles. The number of hydrogen-bond donors (Lipinski definition) is 0. The van der Waals surface area contributed by atoms with Gasteiger partial charge in [-0.1, -0.05) is 17.3 Å². The van der Waals surface area contributed by atoms with Gasteiger partial charge in [0, 0.05) is 6.20 Å². The van der Waals surface area contributed by atoms with E-state index in [1.165, 1.54) is 0 Å². The second-order valence-corrected chi connectivity index (χ2v) is 4.96. The number of benzene rings is 1. The third-order valence-electron chi connectivity index (χ3n) is 3.52. The van der Waals surface area contributed by atoms with Crippen LogP contribution in [0.15, 0.2) is 45.5 Å². The molecule has 0 aliphatic rings. The summed E-state index contributed by atoms with van der Waals surface area (Å²) in [5, 5.41) is 12.9. The lowest BCUT2D eigenvalue weighted by molar-refractivity contribution is 0.414. The number of methoxy groups -OCH3 is 1. The van der Waals surface area contributed by atoms with Crippen molar-refractivity contribution in [2.75, 3.05) is 7.11 Å². The van der Waals surface area contributed by atoms with Crippen molar-refractivity contribution in [2.45, 2.75) is 6.92 Å². The van der Waals surface area contributed by atoms with Crippen LogP contribution in [0.4, 0.5) is 0 Å². The molecule has 0 aliphatic heterocycles. The number of hydrogen-bond acceptors (Lipinski definition) is 7. The number of ether oxygens (including phenoxy) is 1. The molecule has 0 saturated carbocycles. The SMILES string of the molecule is COc1ccccc1-c1nnc(-c2cnc3onc(C)c3c2)o1. The van der Waals surface area contributed by atoms with E-state index in [2.05, 4.69) is 20.3 Å². The quantitative estimate of drug-likeness (QED) is 0.574. The Kier molecular flexibility index (Phi) is 3.04. The van der Waals surface area contributed by atoms with Crippen LogP contribution in [0.1, 0.15) is 5.69 Å². The maximum atomic E-state index is 5.77. The molecule has 7 nitrogen and oxygen atoms in total. The van der Waals surface area contributed by atoms with Gasteiger partial charge in [0.15, 0.2) is 0 Å². The van der Waals surface area contributed by atoms with Crippen molar-refractivity contribution in [3.05, 3.63) is 42.2 Å². The molecule has 3 heterocycles. The van der Waals surface area contributed by atoms with Crippen molar-refractivity contribution in [1.82, 2.24) is 20.3 Å². The van der Waals surface area contributed by atoms with Gasteiger partial charge in [-0.25, -0.2) is 4.98 Å². The Bertz CT molecular complexity index is 990. The fourth-order valence-corrected chi connectivity index (χ4v) is 2.33. The number of aromatic nitrogens is 4. The lowest BCUT2D eigenvalue weighted by atomic mass is 10.2. The average molecular weight is 308 g/mol. The zero-order chi connectivity index (χ0) is 15.8. The molecule has 0 atom stereocenters. The molecule has 0 aliphatic carbocycles. The molecule has 3 aromatic heterocycles. The van der Waals surface area contributed by atoms with Crippen molar-refractivity contribution >= 4 is 11.1 Å².